The minimum Gasteiger partial charge on any atom is -0.456 e. The molecule has 62 heavy (non-hydrogen) atoms. The maximum Gasteiger partial charge on any atom is 0.164 e. The molecule has 0 saturated carbocycles. The smallest absolute Gasteiger partial charge is 0.164 e. The van der Waals surface area contributed by atoms with Crippen molar-refractivity contribution in [3.63, 3.8) is 0 Å². The van der Waals surface area contributed by atoms with E-state index in [1.165, 1.54) is 37.9 Å². The molecule has 0 spiro atoms. The van der Waals surface area contributed by atoms with Gasteiger partial charge in [0.2, 0.25) is 0 Å². The fraction of sp³-hybridized carbons (Fsp3) is 0. The summed E-state index contributed by atoms with van der Waals surface area (Å²) in [6.45, 7) is 0. The van der Waals surface area contributed by atoms with Gasteiger partial charge in [-0.2, -0.15) is 0 Å². The fourth-order valence-electron chi connectivity index (χ4n) is 9.48. The van der Waals surface area contributed by atoms with Crippen LogP contribution in [0.3, 0.4) is 0 Å². The van der Waals surface area contributed by atoms with Crippen LogP contribution < -0.4 is 0 Å². The molecule has 0 unspecified atom stereocenters. The lowest BCUT2D eigenvalue weighted by Gasteiger charge is -2.13. The summed E-state index contributed by atoms with van der Waals surface area (Å²) < 4.78 is 13.0. The summed E-state index contributed by atoms with van der Waals surface area (Å²) >= 11 is 0. The number of fused-ring (bicyclic) bond motifs is 6. The highest BCUT2D eigenvalue weighted by molar-refractivity contribution is 6.35. The number of hydrogen-bond acceptors (Lipinski definition) is 5. The van der Waals surface area contributed by atoms with Gasteiger partial charge in [0.25, 0.3) is 0 Å². The second kappa shape index (κ2) is 13.6. The quantitative estimate of drug-likeness (QED) is 0.157. The van der Waals surface area contributed by atoms with Gasteiger partial charge in [-0.3, -0.25) is 0 Å². The van der Waals surface area contributed by atoms with Crippen molar-refractivity contribution in [2.24, 2.45) is 0 Å². The summed E-state index contributed by atoms with van der Waals surface area (Å²) in [5, 5.41) is 9.40. The van der Waals surface area contributed by atoms with Crippen LogP contribution in [0.1, 0.15) is 0 Å². The predicted octanol–water partition coefficient (Wildman–Crippen LogP) is 15.4. The molecule has 13 rings (SSSR count). The van der Waals surface area contributed by atoms with Gasteiger partial charge in [0.1, 0.15) is 22.3 Å². The van der Waals surface area contributed by atoms with Crippen molar-refractivity contribution in [2.75, 3.05) is 0 Å². The molecule has 0 N–H and O–H groups in total. The molecule has 13 aromatic rings. The number of benzene rings is 10. The normalized spacial score (nSPS) is 11.9. The van der Waals surface area contributed by atoms with Crippen molar-refractivity contribution in [2.45, 2.75) is 0 Å². The average molecular weight is 792 g/mol. The maximum atomic E-state index is 6.70. The molecule has 3 heterocycles. The van der Waals surface area contributed by atoms with E-state index >= 15 is 0 Å². The summed E-state index contributed by atoms with van der Waals surface area (Å²) in [6.07, 6.45) is 0. The Hall–Kier alpha value is -8.41. The number of nitrogens with zero attached hydrogens (tertiary/aromatic N) is 3. The third-order valence-corrected chi connectivity index (χ3v) is 12.3. The second-order valence-corrected chi connectivity index (χ2v) is 15.9. The lowest BCUT2D eigenvalue weighted by atomic mass is 9.89. The van der Waals surface area contributed by atoms with Gasteiger partial charge in [-0.15, -0.1) is 0 Å². The van der Waals surface area contributed by atoms with Crippen LogP contribution in [-0.2, 0) is 0 Å². The zero-order valence-corrected chi connectivity index (χ0v) is 33.2. The molecule has 0 aliphatic carbocycles. The van der Waals surface area contributed by atoms with Gasteiger partial charge in [0.05, 0.1) is 0 Å². The molecular weight excluding hydrogens is 759 g/mol. The molecule has 0 bridgehead atoms. The van der Waals surface area contributed by atoms with Crippen LogP contribution >= 0.6 is 0 Å². The van der Waals surface area contributed by atoms with E-state index in [1.54, 1.807) is 0 Å². The average Bonchev–Trinajstić information content (AvgIpc) is 3.93. The van der Waals surface area contributed by atoms with E-state index in [4.69, 9.17) is 23.8 Å². The standard InChI is InChI=1S/C57H33N3O2/c1-3-13-34(14-4-1)55-58-56(35-15-5-2-6-16-35)60-57(59-55)40-20-8-18-37(32-40)36-17-7-19-38(31-36)42-22-10-26-47-52(42)45-30-29-39(33-50(45)62-47)41-21-9-23-43-44-24-11-27-48-53(44)54-46(51(41)43)25-12-28-49(54)61-48/h1-33H. The molecule has 10 aromatic carbocycles. The molecule has 3 aromatic heterocycles. The molecular formula is C57H33N3O2. The highest BCUT2D eigenvalue weighted by Crippen LogP contribution is 2.46. The van der Waals surface area contributed by atoms with Crippen molar-refractivity contribution in [3.05, 3.63) is 200 Å². The Balaban J connectivity index is 0.906. The molecule has 0 fully saturated rings. The Kier molecular flexibility index (Phi) is 7.54. The molecule has 0 saturated heterocycles. The Bertz CT molecular complexity index is 3810. The second-order valence-electron chi connectivity index (χ2n) is 15.9. The molecule has 0 aliphatic heterocycles. The molecule has 5 heteroatoms. The SMILES string of the molecule is c1ccc(-c2nc(-c3ccccc3)nc(-c3cccc(-c4cccc(-c5cccc6oc7cc(-c8cccc9c%10cccc%11oc%12cccc(c89)c%12c%11%10)ccc7c56)c4)c3)n2)cc1. The summed E-state index contributed by atoms with van der Waals surface area (Å²) in [6, 6.07) is 69.8. The van der Waals surface area contributed by atoms with Gasteiger partial charge in [-0.05, 0) is 97.4 Å². The van der Waals surface area contributed by atoms with Crippen LogP contribution in [0.2, 0.25) is 0 Å². The van der Waals surface area contributed by atoms with Crippen LogP contribution in [0.5, 0.6) is 0 Å². The van der Waals surface area contributed by atoms with Crippen molar-refractivity contribution in [1.29, 1.82) is 0 Å². The molecule has 5 nitrogen and oxygen atoms in total. The maximum absolute atomic E-state index is 6.70. The van der Waals surface area contributed by atoms with Crippen molar-refractivity contribution >= 4 is 65.4 Å². The van der Waals surface area contributed by atoms with Gasteiger partial charge >= 0.3 is 0 Å². The van der Waals surface area contributed by atoms with Crippen LogP contribution in [0.25, 0.3) is 133 Å². The first-order valence-electron chi connectivity index (χ1n) is 20.8. The van der Waals surface area contributed by atoms with Crippen molar-refractivity contribution in [3.8, 4) is 67.5 Å². The number of aromatic nitrogens is 3. The van der Waals surface area contributed by atoms with Crippen LogP contribution in [-0.4, -0.2) is 15.0 Å². The molecule has 0 radical (unpaired) electrons. The predicted molar refractivity (Wildman–Crippen MR) is 253 cm³/mol. The van der Waals surface area contributed by atoms with E-state index in [2.05, 4.69) is 140 Å². The monoisotopic (exact) mass is 791 g/mol. The Morgan fingerprint density at radius 1 is 0.242 bits per heavy atom. The fourth-order valence-corrected chi connectivity index (χ4v) is 9.48. The van der Waals surface area contributed by atoms with Gasteiger partial charge in [0.15, 0.2) is 17.5 Å². The number of hydrogen-bond donors (Lipinski definition) is 0. The Labute approximate surface area is 355 Å². The van der Waals surface area contributed by atoms with Crippen molar-refractivity contribution in [1.82, 2.24) is 15.0 Å². The zero-order chi connectivity index (χ0) is 40.7. The van der Waals surface area contributed by atoms with Crippen molar-refractivity contribution < 1.29 is 8.83 Å². The molecule has 0 aliphatic rings. The van der Waals surface area contributed by atoms with Gasteiger partial charge < -0.3 is 8.83 Å². The number of rotatable bonds is 6. The van der Waals surface area contributed by atoms with E-state index in [1.807, 2.05) is 60.7 Å². The molecule has 0 atom stereocenters. The third-order valence-electron chi connectivity index (χ3n) is 12.3. The minimum absolute atomic E-state index is 0.626. The largest absolute Gasteiger partial charge is 0.456 e. The summed E-state index contributed by atoms with van der Waals surface area (Å²) in [5.41, 5.74) is 13.0. The zero-order valence-electron chi connectivity index (χ0n) is 33.2. The van der Waals surface area contributed by atoms with Gasteiger partial charge in [-0.1, -0.05) is 158 Å². The molecule has 0 amide bonds. The highest BCUT2D eigenvalue weighted by atomic mass is 16.3. The highest BCUT2D eigenvalue weighted by Gasteiger charge is 2.21. The Morgan fingerprint density at radius 3 is 1.35 bits per heavy atom. The summed E-state index contributed by atoms with van der Waals surface area (Å²) in [4.78, 5) is 14.9. The lowest BCUT2D eigenvalue weighted by Crippen LogP contribution is -2.00. The van der Waals surface area contributed by atoms with E-state index in [0.717, 1.165) is 77.6 Å². The van der Waals surface area contributed by atoms with Crippen LogP contribution in [0, 0.1) is 0 Å². The first-order valence-corrected chi connectivity index (χ1v) is 20.8. The summed E-state index contributed by atoms with van der Waals surface area (Å²) in [7, 11) is 0. The number of furan rings is 2. The van der Waals surface area contributed by atoms with Crippen LogP contribution in [0.4, 0.5) is 0 Å². The van der Waals surface area contributed by atoms with E-state index < -0.39 is 0 Å². The summed E-state index contributed by atoms with van der Waals surface area (Å²) in [5.74, 6) is 1.91. The van der Waals surface area contributed by atoms with Gasteiger partial charge in [-0.25, -0.2) is 15.0 Å². The topological polar surface area (TPSA) is 65.0 Å². The van der Waals surface area contributed by atoms with E-state index in [-0.39, 0.29) is 0 Å². The minimum atomic E-state index is 0.626. The van der Waals surface area contributed by atoms with Crippen LogP contribution in [0.15, 0.2) is 209 Å². The van der Waals surface area contributed by atoms with E-state index in [0.29, 0.717) is 17.5 Å². The van der Waals surface area contributed by atoms with E-state index in [9.17, 15) is 0 Å². The molecule has 288 valence electrons. The first-order chi connectivity index (χ1) is 30.7. The lowest BCUT2D eigenvalue weighted by molar-refractivity contribution is 0.669. The Morgan fingerprint density at radius 2 is 0.677 bits per heavy atom. The first kappa shape index (κ1) is 34.5. The van der Waals surface area contributed by atoms with Gasteiger partial charge in [0, 0.05) is 38.2 Å². The third kappa shape index (κ3) is 5.38.